The number of rotatable bonds is 6. The van der Waals surface area contributed by atoms with Gasteiger partial charge in [0, 0.05) is 19.2 Å². The van der Waals surface area contributed by atoms with E-state index in [1.165, 1.54) is 31.0 Å². The minimum Gasteiger partial charge on any atom is -0.360 e. The Balaban J connectivity index is 1.78. The molecule has 7 heteroatoms. The first-order valence-electron chi connectivity index (χ1n) is 8.50. The van der Waals surface area contributed by atoms with Gasteiger partial charge in [0.2, 0.25) is 11.8 Å². The maximum absolute atomic E-state index is 12.4. The summed E-state index contributed by atoms with van der Waals surface area (Å²) in [6.45, 7) is 5.78. The van der Waals surface area contributed by atoms with Gasteiger partial charge in [0.25, 0.3) is 0 Å². The lowest BCUT2D eigenvalue weighted by atomic mass is 9.85. The molecule has 1 fully saturated rings. The molecule has 134 valence electrons. The van der Waals surface area contributed by atoms with Crippen molar-refractivity contribution in [2.45, 2.75) is 57.7 Å². The highest BCUT2D eigenvalue weighted by Crippen LogP contribution is 2.28. The van der Waals surface area contributed by atoms with Crippen LogP contribution in [0.25, 0.3) is 0 Å². The van der Waals surface area contributed by atoms with Crippen LogP contribution in [0.15, 0.2) is 10.6 Å². The van der Waals surface area contributed by atoms with E-state index in [2.05, 4.69) is 17.4 Å². The summed E-state index contributed by atoms with van der Waals surface area (Å²) in [6, 6.07) is 1.99. The third-order valence-electron chi connectivity index (χ3n) is 4.66. The van der Waals surface area contributed by atoms with Crippen molar-refractivity contribution in [2.75, 3.05) is 18.1 Å². The Kier molecular flexibility index (Phi) is 6.71. The Hall–Kier alpha value is -1.50. The molecule has 0 spiro atoms. The second-order valence-corrected chi connectivity index (χ2v) is 7.93. The van der Waals surface area contributed by atoms with Crippen LogP contribution in [0.3, 0.4) is 0 Å². The fourth-order valence-electron chi connectivity index (χ4n) is 3.08. The number of hydrogen-bond acceptors (Lipinski definition) is 5. The molecule has 1 saturated carbocycles. The van der Waals surface area contributed by atoms with Crippen LogP contribution >= 0.6 is 11.8 Å². The number of amides is 2. The van der Waals surface area contributed by atoms with Gasteiger partial charge >= 0.3 is 0 Å². The Bertz CT molecular complexity index is 575. The van der Waals surface area contributed by atoms with Gasteiger partial charge in [-0.3, -0.25) is 9.59 Å². The zero-order chi connectivity index (χ0) is 17.7. The van der Waals surface area contributed by atoms with Gasteiger partial charge in [0.1, 0.15) is 5.76 Å². The fourth-order valence-corrected chi connectivity index (χ4v) is 3.89. The van der Waals surface area contributed by atoms with E-state index in [0.29, 0.717) is 29.3 Å². The first kappa shape index (κ1) is 18.8. The van der Waals surface area contributed by atoms with E-state index in [0.717, 1.165) is 6.42 Å². The van der Waals surface area contributed by atoms with Crippen LogP contribution in [0.4, 0.5) is 5.82 Å². The number of aryl methyl sites for hydroxylation is 1. The number of carbonyl (C=O) groups is 2. The predicted octanol–water partition coefficient (Wildman–Crippen LogP) is 3.08. The smallest absolute Gasteiger partial charge is 0.238 e. The van der Waals surface area contributed by atoms with Crippen molar-refractivity contribution in [1.29, 1.82) is 0 Å². The number of carbonyl (C=O) groups excluding carboxylic acids is 2. The molecule has 3 atom stereocenters. The molecule has 0 radical (unpaired) electrons. The van der Waals surface area contributed by atoms with Crippen LogP contribution in [-0.4, -0.2) is 46.0 Å². The SMILES string of the molecule is Cc1cc(NC(=O)C(C)SCC(=O)N(C)C2CCCCC2C)no1. The molecule has 1 N–H and O–H groups in total. The van der Waals surface area contributed by atoms with Crippen molar-refractivity contribution >= 4 is 29.4 Å². The zero-order valence-electron chi connectivity index (χ0n) is 14.9. The molecule has 1 aromatic rings. The first-order valence-corrected chi connectivity index (χ1v) is 9.54. The summed E-state index contributed by atoms with van der Waals surface area (Å²) in [4.78, 5) is 26.4. The molecule has 6 nitrogen and oxygen atoms in total. The summed E-state index contributed by atoms with van der Waals surface area (Å²) in [7, 11) is 1.89. The highest BCUT2D eigenvalue weighted by atomic mass is 32.2. The average Bonchev–Trinajstić information content (AvgIpc) is 2.96. The molecule has 1 aliphatic rings. The third-order valence-corrected chi connectivity index (χ3v) is 5.79. The Morgan fingerprint density at radius 1 is 1.46 bits per heavy atom. The van der Waals surface area contributed by atoms with E-state index in [9.17, 15) is 9.59 Å². The quantitative estimate of drug-likeness (QED) is 0.850. The lowest BCUT2D eigenvalue weighted by Crippen LogP contribution is -2.43. The van der Waals surface area contributed by atoms with Crippen molar-refractivity contribution in [3.8, 4) is 0 Å². The molecule has 0 aromatic carbocycles. The molecule has 3 unspecified atom stereocenters. The van der Waals surface area contributed by atoms with E-state index in [1.807, 2.05) is 11.9 Å². The Labute approximate surface area is 147 Å². The number of aromatic nitrogens is 1. The van der Waals surface area contributed by atoms with Crippen molar-refractivity contribution in [3.05, 3.63) is 11.8 Å². The lowest BCUT2D eigenvalue weighted by molar-refractivity contribution is -0.130. The number of hydrogen-bond donors (Lipinski definition) is 1. The topological polar surface area (TPSA) is 75.4 Å². The van der Waals surface area contributed by atoms with Gasteiger partial charge < -0.3 is 14.7 Å². The third kappa shape index (κ3) is 5.00. The van der Waals surface area contributed by atoms with Gasteiger partial charge in [-0.15, -0.1) is 11.8 Å². The number of thioether (sulfide) groups is 1. The normalized spacial score (nSPS) is 22.0. The second kappa shape index (κ2) is 8.55. The minimum absolute atomic E-state index is 0.0932. The molecule has 1 heterocycles. The number of nitrogens with zero attached hydrogens (tertiary/aromatic N) is 2. The molecule has 0 saturated heterocycles. The lowest BCUT2D eigenvalue weighted by Gasteiger charge is -2.36. The summed E-state index contributed by atoms with van der Waals surface area (Å²) in [5, 5.41) is 6.11. The number of nitrogens with one attached hydrogen (secondary N) is 1. The van der Waals surface area contributed by atoms with Gasteiger partial charge in [-0.2, -0.15) is 0 Å². The molecule has 1 aliphatic carbocycles. The van der Waals surface area contributed by atoms with Crippen LogP contribution in [0.5, 0.6) is 0 Å². The number of anilines is 1. The highest BCUT2D eigenvalue weighted by Gasteiger charge is 2.28. The zero-order valence-corrected chi connectivity index (χ0v) is 15.7. The summed E-state index contributed by atoms with van der Waals surface area (Å²) in [5.41, 5.74) is 0. The summed E-state index contributed by atoms with van der Waals surface area (Å²) in [6.07, 6.45) is 4.71. The molecular formula is C17H27N3O3S. The fraction of sp³-hybridized carbons (Fsp3) is 0.706. The van der Waals surface area contributed by atoms with E-state index in [4.69, 9.17) is 4.52 Å². The summed E-state index contributed by atoms with van der Waals surface area (Å²) < 4.78 is 4.92. The van der Waals surface area contributed by atoms with E-state index in [1.54, 1.807) is 19.9 Å². The van der Waals surface area contributed by atoms with Gasteiger partial charge in [0.15, 0.2) is 5.82 Å². The molecule has 2 amide bonds. The maximum Gasteiger partial charge on any atom is 0.238 e. The van der Waals surface area contributed by atoms with Gasteiger partial charge in [-0.05, 0) is 32.6 Å². The van der Waals surface area contributed by atoms with Crippen LogP contribution in [0, 0.1) is 12.8 Å². The van der Waals surface area contributed by atoms with Crippen molar-refractivity contribution in [2.24, 2.45) is 5.92 Å². The van der Waals surface area contributed by atoms with Crippen LogP contribution < -0.4 is 5.32 Å². The van der Waals surface area contributed by atoms with E-state index in [-0.39, 0.29) is 17.1 Å². The minimum atomic E-state index is -0.330. The predicted molar refractivity (Wildman–Crippen MR) is 96.0 cm³/mol. The molecule has 2 rings (SSSR count). The van der Waals surface area contributed by atoms with Crippen LogP contribution in [0.1, 0.15) is 45.3 Å². The van der Waals surface area contributed by atoms with Gasteiger partial charge in [-0.25, -0.2) is 0 Å². The van der Waals surface area contributed by atoms with Crippen LogP contribution in [0.2, 0.25) is 0 Å². The van der Waals surface area contributed by atoms with Gasteiger partial charge in [-0.1, -0.05) is 24.9 Å². The molecule has 1 aromatic heterocycles. The molecular weight excluding hydrogens is 326 g/mol. The molecule has 0 aliphatic heterocycles. The largest absolute Gasteiger partial charge is 0.360 e. The van der Waals surface area contributed by atoms with Gasteiger partial charge in [0.05, 0.1) is 11.0 Å². The Morgan fingerprint density at radius 2 is 2.17 bits per heavy atom. The monoisotopic (exact) mass is 353 g/mol. The molecule has 24 heavy (non-hydrogen) atoms. The first-order chi connectivity index (χ1) is 11.4. The summed E-state index contributed by atoms with van der Waals surface area (Å²) >= 11 is 1.35. The van der Waals surface area contributed by atoms with Crippen molar-refractivity contribution < 1.29 is 14.1 Å². The van der Waals surface area contributed by atoms with E-state index >= 15 is 0 Å². The second-order valence-electron chi connectivity index (χ2n) is 6.60. The maximum atomic E-state index is 12.4. The average molecular weight is 353 g/mol. The van der Waals surface area contributed by atoms with Crippen molar-refractivity contribution in [1.82, 2.24) is 10.1 Å². The van der Waals surface area contributed by atoms with E-state index < -0.39 is 0 Å². The summed E-state index contributed by atoms with van der Waals surface area (Å²) in [5.74, 6) is 1.83. The Morgan fingerprint density at radius 3 is 2.79 bits per heavy atom. The van der Waals surface area contributed by atoms with Crippen molar-refractivity contribution in [3.63, 3.8) is 0 Å². The standard InChI is InChI=1S/C17H27N3O3S/c1-11-7-5-6-8-14(11)20(4)16(21)10-24-13(3)17(22)18-15-9-12(2)23-19-15/h9,11,13-14H,5-8,10H2,1-4H3,(H,18,19,22). The van der Waals surface area contributed by atoms with Crippen LogP contribution in [-0.2, 0) is 9.59 Å². The highest BCUT2D eigenvalue weighted by molar-refractivity contribution is 8.01. The molecule has 0 bridgehead atoms.